The van der Waals surface area contributed by atoms with Crippen LogP contribution in [0.15, 0.2) is 45.5 Å². The van der Waals surface area contributed by atoms with Gasteiger partial charge in [0.15, 0.2) is 6.61 Å². The van der Waals surface area contributed by atoms with Gasteiger partial charge in [-0.25, -0.2) is 9.78 Å². The van der Waals surface area contributed by atoms with Gasteiger partial charge >= 0.3 is 5.97 Å². The minimum absolute atomic E-state index is 0.0861. The molecule has 0 aliphatic heterocycles. The van der Waals surface area contributed by atoms with Crippen LogP contribution in [0.4, 0.5) is 11.4 Å². The average Bonchev–Trinajstić information content (AvgIpc) is 2.56. The summed E-state index contributed by atoms with van der Waals surface area (Å²) in [6.45, 7) is -0.523. The third-order valence-electron chi connectivity index (χ3n) is 2.71. The molecule has 0 bridgehead atoms. The van der Waals surface area contributed by atoms with E-state index in [-0.39, 0.29) is 11.4 Å². The Bertz CT molecular complexity index is 775. The first-order valence-electron chi connectivity index (χ1n) is 6.40. The minimum Gasteiger partial charge on any atom is -0.451 e. The number of hydrogen-bond donors (Lipinski definition) is 1. The molecule has 2 aromatic rings. The van der Waals surface area contributed by atoms with E-state index in [9.17, 15) is 19.7 Å². The van der Waals surface area contributed by atoms with Crippen molar-refractivity contribution in [2.75, 3.05) is 11.9 Å². The van der Waals surface area contributed by atoms with E-state index in [1.165, 1.54) is 24.4 Å². The van der Waals surface area contributed by atoms with Crippen LogP contribution in [-0.2, 0) is 9.53 Å². The summed E-state index contributed by atoms with van der Waals surface area (Å²) < 4.78 is 5.48. The maximum absolute atomic E-state index is 11.9. The molecule has 0 aliphatic carbocycles. The zero-order valence-corrected chi connectivity index (χ0v) is 15.0. The average molecular weight is 459 g/mol. The number of esters is 1. The van der Waals surface area contributed by atoms with Crippen molar-refractivity contribution in [3.63, 3.8) is 0 Å². The van der Waals surface area contributed by atoms with E-state index < -0.39 is 23.4 Å². The van der Waals surface area contributed by atoms with Gasteiger partial charge in [-0.15, -0.1) is 0 Å². The van der Waals surface area contributed by atoms with Crippen LogP contribution in [0.1, 0.15) is 10.5 Å². The van der Waals surface area contributed by atoms with Crippen molar-refractivity contribution >= 4 is 55.1 Å². The molecule has 0 unspecified atom stereocenters. The van der Waals surface area contributed by atoms with Crippen molar-refractivity contribution in [3.05, 3.63) is 61.3 Å². The third-order valence-corrected chi connectivity index (χ3v) is 3.96. The molecule has 0 saturated heterocycles. The molecule has 8 nitrogen and oxygen atoms in total. The second-order valence-corrected chi connectivity index (χ2v) is 6.09. The van der Waals surface area contributed by atoms with Crippen LogP contribution >= 0.6 is 31.9 Å². The molecule has 1 aromatic heterocycles. The predicted molar refractivity (Wildman–Crippen MR) is 91.6 cm³/mol. The van der Waals surface area contributed by atoms with Crippen molar-refractivity contribution in [2.24, 2.45) is 0 Å². The van der Waals surface area contributed by atoms with E-state index >= 15 is 0 Å². The van der Waals surface area contributed by atoms with Crippen molar-refractivity contribution in [2.45, 2.75) is 0 Å². The molecule has 0 atom stereocenters. The lowest BCUT2D eigenvalue weighted by molar-refractivity contribution is -0.385. The number of anilines is 1. The van der Waals surface area contributed by atoms with Gasteiger partial charge in [0, 0.05) is 27.3 Å². The van der Waals surface area contributed by atoms with E-state index in [0.717, 1.165) is 0 Å². The van der Waals surface area contributed by atoms with E-state index in [1.54, 1.807) is 12.1 Å². The topological polar surface area (TPSA) is 111 Å². The highest BCUT2D eigenvalue weighted by Crippen LogP contribution is 2.35. The first kappa shape index (κ1) is 18.0. The summed E-state index contributed by atoms with van der Waals surface area (Å²) in [5, 5.41) is 13.3. The molecule has 0 aliphatic rings. The summed E-state index contributed by atoms with van der Waals surface area (Å²) in [5.74, 6) is -1.33. The molecule has 24 heavy (non-hydrogen) atoms. The number of amides is 1. The van der Waals surface area contributed by atoms with E-state index in [0.29, 0.717) is 14.6 Å². The highest BCUT2D eigenvalue weighted by molar-refractivity contribution is 9.11. The SMILES string of the molecule is O=C(COC(=O)c1ccccn1)Nc1c(Br)cc([N+](=O)[O-])cc1Br. The van der Waals surface area contributed by atoms with Crippen molar-refractivity contribution in [1.29, 1.82) is 0 Å². The van der Waals surface area contributed by atoms with Crippen LogP contribution in [0.2, 0.25) is 0 Å². The number of nitrogens with one attached hydrogen (secondary N) is 1. The lowest BCUT2D eigenvalue weighted by Crippen LogP contribution is -2.21. The maximum atomic E-state index is 11.9. The Morgan fingerprint density at radius 3 is 2.46 bits per heavy atom. The number of nitro benzene ring substituents is 1. The number of benzene rings is 1. The molecule has 0 radical (unpaired) electrons. The Labute approximate surface area is 152 Å². The highest BCUT2D eigenvalue weighted by atomic mass is 79.9. The number of carbonyl (C=O) groups is 2. The van der Waals surface area contributed by atoms with Gasteiger partial charge in [0.05, 0.1) is 10.6 Å². The van der Waals surface area contributed by atoms with Crippen LogP contribution in [0.25, 0.3) is 0 Å². The maximum Gasteiger partial charge on any atom is 0.357 e. The fraction of sp³-hybridized carbons (Fsp3) is 0.0714. The van der Waals surface area contributed by atoms with Gasteiger partial charge < -0.3 is 10.1 Å². The zero-order valence-electron chi connectivity index (χ0n) is 11.9. The molecule has 2 rings (SSSR count). The van der Waals surface area contributed by atoms with Gasteiger partial charge in [-0.05, 0) is 44.0 Å². The molecular weight excluding hydrogens is 450 g/mol. The highest BCUT2D eigenvalue weighted by Gasteiger charge is 2.17. The summed E-state index contributed by atoms with van der Waals surface area (Å²) in [6, 6.07) is 7.23. The van der Waals surface area contributed by atoms with Gasteiger partial charge in [0.2, 0.25) is 0 Å². The van der Waals surface area contributed by atoms with Crippen LogP contribution in [0.5, 0.6) is 0 Å². The summed E-state index contributed by atoms with van der Waals surface area (Å²) in [4.78, 5) is 37.6. The Hall–Kier alpha value is -2.33. The van der Waals surface area contributed by atoms with Gasteiger partial charge in [-0.1, -0.05) is 6.07 Å². The standard InChI is InChI=1S/C14H9Br2N3O5/c15-9-5-8(19(22)23)6-10(16)13(9)18-12(20)7-24-14(21)11-3-1-2-4-17-11/h1-6H,7H2,(H,18,20). The summed E-state index contributed by atoms with van der Waals surface area (Å²) in [5.41, 5.74) is 0.232. The first-order valence-corrected chi connectivity index (χ1v) is 7.98. The Morgan fingerprint density at radius 1 is 1.25 bits per heavy atom. The van der Waals surface area contributed by atoms with E-state index in [2.05, 4.69) is 42.2 Å². The van der Waals surface area contributed by atoms with Crippen molar-refractivity contribution in [1.82, 2.24) is 4.98 Å². The fourth-order valence-electron chi connectivity index (χ4n) is 1.65. The molecule has 1 heterocycles. The first-order chi connectivity index (χ1) is 11.4. The number of halogens is 2. The quantitative estimate of drug-likeness (QED) is 0.418. The van der Waals surface area contributed by atoms with Crippen molar-refractivity contribution < 1.29 is 19.2 Å². The number of hydrogen-bond acceptors (Lipinski definition) is 6. The van der Waals surface area contributed by atoms with Crippen LogP contribution in [0, 0.1) is 10.1 Å². The second-order valence-electron chi connectivity index (χ2n) is 4.38. The number of non-ortho nitro benzene ring substituents is 1. The number of rotatable bonds is 5. The molecular formula is C14H9Br2N3O5. The van der Waals surface area contributed by atoms with Crippen LogP contribution in [-0.4, -0.2) is 28.4 Å². The Kier molecular flexibility index (Phi) is 5.99. The summed E-state index contributed by atoms with van der Waals surface area (Å²) in [7, 11) is 0. The smallest absolute Gasteiger partial charge is 0.357 e. The number of pyridine rings is 1. The lowest BCUT2D eigenvalue weighted by Gasteiger charge is -2.10. The molecule has 0 spiro atoms. The third kappa shape index (κ3) is 4.59. The van der Waals surface area contributed by atoms with E-state index in [1.807, 2.05) is 0 Å². The second kappa shape index (κ2) is 7.97. The molecule has 0 saturated carbocycles. The molecule has 124 valence electrons. The Morgan fingerprint density at radius 2 is 1.92 bits per heavy atom. The van der Waals surface area contributed by atoms with Crippen molar-refractivity contribution in [3.8, 4) is 0 Å². The monoisotopic (exact) mass is 457 g/mol. The molecule has 1 amide bonds. The fourth-order valence-corrected chi connectivity index (χ4v) is 3.01. The summed E-state index contributed by atoms with van der Waals surface area (Å²) >= 11 is 6.29. The number of ether oxygens (including phenoxy) is 1. The number of nitrogens with zero attached hydrogens (tertiary/aromatic N) is 2. The molecule has 1 N–H and O–H groups in total. The molecule has 10 heteroatoms. The number of nitro groups is 1. The predicted octanol–water partition coefficient (Wildman–Crippen LogP) is 3.31. The Balaban J connectivity index is 2.00. The van der Waals surface area contributed by atoms with Gasteiger partial charge in [-0.2, -0.15) is 0 Å². The lowest BCUT2D eigenvalue weighted by atomic mass is 10.3. The summed E-state index contributed by atoms with van der Waals surface area (Å²) in [6.07, 6.45) is 1.43. The van der Waals surface area contributed by atoms with Gasteiger partial charge in [-0.3, -0.25) is 14.9 Å². The normalized spacial score (nSPS) is 10.1. The minimum atomic E-state index is -0.729. The van der Waals surface area contributed by atoms with Crippen LogP contribution in [0.3, 0.4) is 0 Å². The van der Waals surface area contributed by atoms with Crippen LogP contribution < -0.4 is 5.32 Å². The van der Waals surface area contributed by atoms with Gasteiger partial charge in [0.25, 0.3) is 11.6 Å². The van der Waals surface area contributed by atoms with E-state index in [4.69, 9.17) is 4.74 Å². The molecule has 1 aromatic carbocycles. The number of carbonyl (C=O) groups excluding carboxylic acids is 2. The zero-order chi connectivity index (χ0) is 17.7. The number of aromatic nitrogens is 1. The molecule has 0 fully saturated rings. The van der Waals surface area contributed by atoms with Gasteiger partial charge in [0.1, 0.15) is 5.69 Å². The largest absolute Gasteiger partial charge is 0.451 e.